The molecule has 0 amide bonds. The molecular formula is C18H21N. The summed E-state index contributed by atoms with van der Waals surface area (Å²) in [6.45, 7) is 7.79. The first-order valence-corrected chi connectivity index (χ1v) is 7.05. The van der Waals surface area contributed by atoms with Crippen molar-refractivity contribution in [1.29, 1.82) is 0 Å². The normalized spacial score (nSPS) is 21.3. The Hall–Kier alpha value is -1.76. The van der Waals surface area contributed by atoms with E-state index < -0.39 is 0 Å². The van der Waals surface area contributed by atoms with Crippen LogP contribution in [0, 0.1) is 0 Å². The Labute approximate surface area is 115 Å². The lowest BCUT2D eigenvalue weighted by Crippen LogP contribution is -2.25. The van der Waals surface area contributed by atoms with Gasteiger partial charge in [-0.15, -0.1) is 0 Å². The summed E-state index contributed by atoms with van der Waals surface area (Å²) in [4.78, 5) is 0. The first-order chi connectivity index (χ1) is 9.11. The summed E-state index contributed by atoms with van der Waals surface area (Å²) in [5.74, 6) is 0.593. The highest BCUT2D eigenvalue weighted by Gasteiger charge is 2.35. The predicted molar refractivity (Wildman–Crippen MR) is 81.9 cm³/mol. The number of anilines is 1. The third kappa shape index (κ3) is 1.94. The summed E-state index contributed by atoms with van der Waals surface area (Å²) in [7, 11) is 0. The van der Waals surface area contributed by atoms with E-state index in [4.69, 9.17) is 0 Å². The summed E-state index contributed by atoms with van der Waals surface area (Å²) in [6.07, 6.45) is 0. The second kappa shape index (κ2) is 4.41. The molecule has 1 aliphatic heterocycles. The Balaban J connectivity index is 2.02. The zero-order valence-electron chi connectivity index (χ0n) is 11.9. The van der Waals surface area contributed by atoms with Crippen LogP contribution in [0.25, 0.3) is 0 Å². The van der Waals surface area contributed by atoms with Crippen molar-refractivity contribution in [3.63, 3.8) is 0 Å². The molecule has 0 aliphatic carbocycles. The van der Waals surface area contributed by atoms with Gasteiger partial charge in [0, 0.05) is 17.6 Å². The molecule has 0 saturated carbocycles. The third-order valence-corrected chi connectivity index (χ3v) is 4.37. The maximum absolute atomic E-state index is 3.53. The van der Waals surface area contributed by atoms with Gasteiger partial charge >= 0.3 is 0 Å². The molecule has 0 radical (unpaired) electrons. The molecule has 1 heteroatoms. The highest BCUT2D eigenvalue weighted by Crippen LogP contribution is 2.41. The molecule has 3 rings (SSSR count). The van der Waals surface area contributed by atoms with Crippen molar-refractivity contribution in [3.8, 4) is 0 Å². The summed E-state index contributed by atoms with van der Waals surface area (Å²) in [5.41, 5.74) is 5.58. The maximum Gasteiger partial charge on any atom is 0.0382 e. The summed E-state index contributed by atoms with van der Waals surface area (Å²) >= 11 is 0. The quantitative estimate of drug-likeness (QED) is 0.826. The number of hydrogen-bond acceptors (Lipinski definition) is 1. The molecular weight excluding hydrogens is 230 g/mol. The van der Waals surface area contributed by atoms with Crippen LogP contribution in [0.15, 0.2) is 48.5 Å². The number of nitrogens with one attached hydrogen (secondary N) is 1. The molecule has 2 aromatic carbocycles. The van der Waals surface area contributed by atoms with Crippen molar-refractivity contribution in [2.75, 3.05) is 11.9 Å². The van der Waals surface area contributed by atoms with E-state index in [0.29, 0.717) is 5.92 Å². The standard InChI is InChI=1S/C18H21N/c1-13(2)14-8-10-15(11-9-14)18(3)12-19-17-7-5-4-6-16(17)18/h4-11,13,19H,12H2,1-3H3. The minimum atomic E-state index is 0.0894. The van der Waals surface area contributed by atoms with Gasteiger partial charge in [0.05, 0.1) is 0 Å². The average Bonchev–Trinajstić information content (AvgIpc) is 2.78. The van der Waals surface area contributed by atoms with E-state index in [1.807, 2.05) is 0 Å². The van der Waals surface area contributed by atoms with Crippen LogP contribution in [0.2, 0.25) is 0 Å². The molecule has 1 N–H and O–H groups in total. The lowest BCUT2D eigenvalue weighted by Gasteiger charge is -2.25. The van der Waals surface area contributed by atoms with E-state index in [9.17, 15) is 0 Å². The minimum absolute atomic E-state index is 0.0894. The summed E-state index contributed by atoms with van der Waals surface area (Å²) in [5, 5.41) is 3.53. The summed E-state index contributed by atoms with van der Waals surface area (Å²) in [6, 6.07) is 17.8. The van der Waals surface area contributed by atoms with Crippen LogP contribution in [0.5, 0.6) is 0 Å². The number of para-hydroxylation sites is 1. The van der Waals surface area contributed by atoms with Crippen molar-refractivity contribution in [2.45, 2.75) is 32.1 Å². The lowest BCUT2D eigenvalue weighted by atomic mass is 9.77. The van der Waals surface area contributed by atoms with E-state index in [2.05, 4.69) is 74.6 Å². The fourth-order valence-corrected chi connectivity index (χ4v) is 2.98. The zero-order chi connectivity index (χ0) is 13.5. The molecule has 0 fully saturated rings. The first-order valence-electron chi connectivity index (χ1n) is 7.05. The highest BCUT2D eigenvalue weighted by atomic mass is 14.9. The number of benzene rings is 2. The van der Waals surface area contributed by atoms with Gasteiger partial charge in [-0.1, -0.05) is 56.3 Å². The van der Waals surface area contributed by atoms with Gasteiger partial charge in [0.1, 0.15) is 0 Å². The molecule has 1 aliphatic rings. The van der Waals surface area contributed by atoms with Gasteiger partial charge in [0.25, 0.3) is 0 Å². The number of hydrogen-bond donors (Lipinski definition) is 1. The van der Waals surface area contributed by atoms with Crippen molar-refractivity contribution < 1.29 is 0 Å². The molecule has 1 unspecified atom stereocenters. The monoisotopic (exact) mass is 251 g/mol. The highest BCUT2D eigenvalue weighted by molar-refractivity contribution is 5.63. The first kappa shape index (κ1) is 12.3. The van der Waals surface area contributed by atoms with Gasteiger partial charge in [-0.25, -0.2) is 0 Å². The van der Waals surface area contributed by atoms with Gasteiger partial charge in [-0.2, -0.15) is 0 Å². The van der Waals surface area contributed by atoms with E-state index in [-0.39, 0.29) is 5.41 Å². The topological polar surface area (TPSA) is 12.0 Å². The van der Waals surface area contributed by atoms with E-state index in [0.717, 1.165) is 6.54 Å². The largest absolute Gasteiger partial charge is 0.384 e. The van der Waals surface area contributed by atoms with Gasteiger partial charge in [-0.3, -0.25) is 0 Å². The van der Waals surface area contributed by atoms with Crippen molar-refractivity contribution in [1.82, 2.24) is 0 Å². The molecule has 0 saturated heterocycles. The Morgan fingerprint density at radius 2 is 1.68 bits per heavy atom. The van der Waals surface area contributed by atoms with Crippen LogP contribution in [0.3, 0.4) is 0 Å². The second-order valence-electron chi connectivity index (χ2n) is 6.01. The van der Waals surface area contributed by atoms with Crippen LogP contribution in [-0.4, -0.2) is 6.54 Å². The zero-order valence-corrected chi connectivity index (χ0v) is 11.9. The van der Waals surface area contributed by atoms with E-state index in [1.165, 1.54) is 22.4 Å². The number of rotatable bonds is 2. The molecule has 2 aromatic rings. The van der Waals surface area contributed by atoms with E-state index >= 15 is 0 Å². The van der Waals surface area contributed by atoms with Crippen molar-refractivity contribution >= 4 is 5.69 Å². The van der Waals surface area contributed by atoms with Gasteiger partial charge in [0.15, 0.2) is 0 Å². The molecule has 1 heterocycles. The minimum Gasteiger partial charge on any atom is -0.384 e. The molecule has 0 spiro atoms. The molecule has 19 heavy (non-hydrogen) atoms. The molecule has 1 atom stereocenters. The fraction of sp³-hybridized carbons (Fsp3) is 0.333. The van der Waals surface area contributed by atoms with Gasteiger partial charge in [-0.05, 0) is 35.6 Å². The lowest BCUT2D eigenvalue weighted by molar-refractivity contribution is 0.635. The SMILES string of the molecule is CC(C)c1ccc(C2(C)CNc3ccccc32)cc1. The fourth-order valence-electron chi connectivity index (χ4n) is 2.98. The Kier molecular flexibility index (Phi) is 2.85. The average molecular weight is 251 g/mol. The van der Waals surface area contributed by atoms with Crippen LogP contribution in [-0.2, 0) is 5.41 Å². The van der Waals surface area contributed by atoms with Crippen LogP contribution >= 0.6 is 0 Å². The van der Waals surface area contributed by atoms with E-state index in [1.54, 1.807) is 0 Å². The van der Waals surface area contributed by atoms with Crippen molar-refractivity contribution in [2.24, 2.45) is 0 Å². The molecule has 0 bridgehead atoms. The molecule has 1 nitrogen and oxygen atoms in total. The second-order valence-corrected chi connectivity index (χ2v) is 6.01. The van der Waals surface area contributed by atoms with Crippen LogP contribution in [0.1, 0.15) is 43.4 Å². The van der Waals surface area contributed by atoms with Crippen molar-refractivity contribution in [3.05, 3.63) is 65.2 Å². The van der Waals surface area contributed by atoms with Gasteiger partial charge < -0.3 is 5.32 Å². The van der Waals surface area contributed by atoms with Gasteiger partial charge in [0.2, 0.25) is 0 Å². The molecule has 0 aromatic heterocycles. The Bertz CT molecular complexity index is 583. The summed E-state index contributed by atoms with van der Waals surface area (Å²) < 4.78 is 0. The smallest absolute Gasteiger partial charge is 0.0382 e. The van der Waals surface area contributed by atoms with Crippen LogP contribution < -0.4 is 5.32 Å². The maximum atomic E-state index is 3.53. The third-order valence-electron chi connectivity index (χ3n) is 4.37. The Morgan fingerprint density at radius 3 is 2.37 bits per heavy atom. The molecule has 98 valence electrons. The number of fused-ring (bicyclic) bond motifs is 1. The predicted octanol–water partition coefficient (Wildman–Crippen LogP) is 4.54. The Morgan fingerprint density at radius 1 is 1.00 bits per heavy atom. The van der Waals surface area contributed by atoms with Crippen LogP contribution in [0.4, 0.5) is 5.69 Å².